The van der Waals surface area contributed by atoms with Crippen LogP contribution in [0.15, 0.2) is 24.3 Å². The summed E-state index contributed by atoms with van der Waals surface area (Å²) in [5.74, 6) is 0.670. The van der Waals surface area contributed by atoms with Crippen molar-refractivity contribution in [1.29, 1.82) is 0 Å². The Kier molecular flexibility index (Phi) is 5.26. The normalized spacial score (nSPS) is 15.1. The van der Waals surface area contributed by atoms with Crippen LogP contribution in [0.4, 0.5) is 0 Å². The van der Waals surface area contributed by atoms with Gasteiger partial charge < -0.3 is 11.5 Å². The molecular weight excluding hydrogens is 220 g/mol. The molecule has 90 valence electrons. The van der Waals surface area contributed by atoms with Crippen LogP contribution in [0.3, 0.4) is 0 Å². The van der Waals surface area contributed by atoms with Gasteiger partial charge in [-0.3, -0.25) is 0 Å². The number of nitrogens with two attached hydrogens (primary N) is 2. The van der Waals surface area contributed by atoms with Gasteiger partial charge >= 0.3 is 0 Å². The molecule has 0 saturated carbocycles. The molecule has 0 aliphatic rings. The van der Waals surface area contributed by atoms with Crippen LogP contribution in [-0.4, -0.2) is 6.04 Å². The Morgan fingerprint density at radius 2 is 1.62 bits per heavy atom. The summed E-state index contributed by atoms with van der Waals surface area (Å²) in [6, 6.07) is 7.52. The number of rotatable bonds is 5. The highest BCUT2D eigenvalue weighted by molar-refractivity contribution is 6.30. The molecule has 1 rings (SSSR count). The predicted molar refractivity (Wildman–Crippen MR) is 70.4 cm³/mol. The maximum atomic E-state index is 6.11. The summed E-state index contributed by atoms with van der Waals surface area (Å²) in [5, 5.41) is 0.728. The maximum Gasteiger partial charge on any atom is 0.0448 e. The average Bonchev–Trinajstić information content (AvgIpc) is 2.26. The molecular formula is C13H21ClN2. The van der Waals surface area contributed by atoms with E-state index in [9.17, 15) is 0 Å². The summed E-state index contributed by atoms with van der Waals surface area (Å²) in [6.07, 6.45) is 2.07. The molecule has 2 nitrogen and oxygen atoms in total. The molecule has 0 aromatic heterocycles. The molecule has 1 aromatic rings. The van der Waals surface area contributed by atoms with Crippen LogP contribution in [0.1, 0.15) is 38.3 Å². The van der Waals surface area contributed by atoms with Gasteiger partial charge in [0.1, 0.15) is 0 Å². The summed E-state index contributed by atoms with van der Waals surface area (Å²) in [5.41, 5.74) is 13.2. The van der Waals surface area contributed by atoms with Crippen molar-refractivity contribution in [3.8, 4) is 0 Å². The van der Waals surface area contributed by atoms with E-state index >= 15 is 0 Å². The van der Waals surface area contributed by atoms with Gasteiger partial charge in [0.05, 0.1) is 0 Å². The Hall–Kier alpha value is -0.570. The van der Waals surface area contributed by atoms with E-state index in [0.717, 1.165) is 23.4 Å². The highest BCUT2D eigenvalue weighted by Gasteiger charge is 2.15. The van der Waals surface area contributed by atoms with Crippen LogP contribution in [-0.2, 0) is 0 Å². The molecule has 0 heterocycles. The molecule has 1 aromatic carbocycles. The average molecular weight is 241 g/mol. The first-order valence-electron chi connectivity index (χ1n) is 5.77. The fourth-order valence-corrected chi connectivity index (χ4v) is 1.76. The van der Waals surface area contributed by atoms with E-state index in [2.05, 4.69) is 13.8 Å². The molecule has 0 bridgehead atoms. The van der Waals surface area contributed by atoms with Crippen molar-refractivity contribution in [2.45, 2.75) is 38.8 Å². The largest absolute Gasteiger partial charge is 0.326 e. The lowest BCUT2D eigenvalue weighted by molar-refractivity contribution is 0.449. The van der Waals surface area contributed by atoms with Crippen LogP contribution in [0.2, 0.25) is 5.02 Å². The third-order valence-electron chi connectivity index (χ3n) is 2.79. The first kappa shape index (κ1) is 13.5. The highest BCUT2D eigenvalue weighted by atomic mass is 35.5. The van der Waals surface area contributed by atoms with Crippen molar-refractivity contribution in [3.05, 3.63) is 34.9 Å². The molecule has 0 fully saturated rings. The van der Waals surface area contributed by atoms with E-state index in [-0.39, 0.29) is 12.1 Å². The predicted octanol–water partition coefficient (Wildman–Crippen LogP) is 3.10. The van der Waals surface area contributed by atoms with Crippen molar-refractivity contribution in [1.82, 2.24) is 0 Å². The lowest BCUT2D eigenvalue weighted by atomic mass is 9.94. The third kappa shape index (κ3) is 4.12. The number of benzene rings is 1. The topological polar surface area (TPSA) is 52.0 Å². The fraction of sp³-hybridized carbons (Fsp3) is 0.538. The van der Waals surface area contributed by atoms with Gasteiger partial charge in [0.25, 0.3) is 0 Å². The Bertz CT molecular complexity index is 308. The van der Waals surface area contributed by atoms with Gasteiger partial charge in [-0.25, -0.2) is 0 Å². The molecule has 0 spiro atoms. The Balaban J connectivity index is 2.56. The first-order valence-corrected chi connectivity index (χ1v) is 6.15. The van der Waals surface area contributed by atoms with Gasteiger partial charge in [-0.05, 0) is 36.5 Å². The second-order valence-corrected chi connectivity index (χ2v) is 5.15. The van der Waals surface area contributed by atoms with Crippen molar-refractivity contribution < 1.29 is 0 Å². The summed E-state index contributed by atoms with van der Waals surface area (Å²) >= 11 is 5.83. The summed E-state index contributed by atoms with van der Waals surface area (Å²) in [7, 11) is 0. The van der Waals surface area contributed by atoms with E-state index in [1.54, 1.807) is 0 Å². The van der Waals surface area contributed by atoms with E-state index in [0.29, 0.717) is 5.92 Å². The van der Waals surface area contributed by atoms with Crippen molar-refractivity contribution in [2.75, 3.05) is 0 Å². The monoisotopic (exact) mass is 240 g/mol. The molecule has 0 saturated heterocycles. The Morgan fingerprint density at radius 1 is 1.06 bits per heavy atom. The molecule has 2 atom stereocenters. The smallest absolute Gasteiger partial charge is 0.0448 e. The van der Waals surface area contributed by atoms with Gasteiger partial charge in [0.2, 0.25) is 0 Å². The van der Waals surface area contributed by atoms with E-state index in [1.165, 1.54) is 0 Å². The molecule has 0 radical (unpaired) electrons. The molecule has 0 aliphatic heterocycles. The fourth-order valence-electron chi connectivity index (χ4n) is 1.64. The van der Waals surface area contributed by atoms with E-state index in [1.807, 2.05) is 24.3 Å². The molecule has 3 heteroatoms. The molecule has 0 aliphatic carbocycles. The van der Waals surface area contributed by atoms with Crippen LogP contribution >= 0.6 is 11.6 Å². The maximum absolute atomic E-state index is 6.11. The molecule has 4 N–H and O–H groups in total. The standard InChI is InChI=1S/C13H21ClN2/c1-9(2)3-8-12(15)13(16)10-4-6-11(14)7-5-10/h4-7,9,12-13H,3,8,15-16H2,1-2H3. The van der Waals surface area contributed by atoms with Gasteiger partial charge in [0.15, 0.2) is 0 Å². The minimum Gasteiger partial charge on any atom is -0.326 e. The molecule has 0 amide bonds. The lowest BCUT2D eigenvalue weighted by Gasteiger charge is -2.21. The Labute approximate surface area is 103 Å². The van der Waals surface area contributed by atoms with Gasteiger partial charge in [0, 0.05) is 17.1 Å². The number of halogens is 1. The third-order valence-corrected chi connectivity index (χ3v) is 3.05. The van der Waals surface area contributed by atoms with Crippen LogP contribution in [0.5, 0.6) is 0 Å². The van der Waals surface area contributed by atoms with Crippen LogP contribution in [0.25, 0.3) is 0 Å². The first-order chi connectivity index (χ1) is 7.50. The zero-order valence-electron chi connectivity index (χ0n) is 9.99. The molecule has 16 heavy (non-hydrogen) atoms. The zero-order chi connectivity index (χ0) is 12.1. The van der Waals surface area contributed by atoms with E-state index < -0.39 is 0 Å². The second kappa shape index (κ2) is 6.24. The number of hydrogen-bond donors (Lipinski definition) is 2. The van der Waals surface area contributed by atoms with Crippen molar-refractivity contribution in [3.63, 3.8) is 0 Å². The zero-order valence-corrected chi connectivity index (χ0v) is 10.7. The SMILES string of the molecule is CC(C)CCC(N)C(N)c1ccc(Cl)cc1. The van der Waals surface area contributed by atoms with Crippen LogP contribution < -0.4 is 11.5 Å². The lowest BCUT2D eigenvalue weighted by Crippen LogP contribution is -2.34. The van der Waals surface area contributed by atoms with E-state index in [4.69, 9.17) is 23.1 Å². The summed E-state index contributed by atoms with van der Waals surface area (Å²) in [4.78, 5) is 0. The molecule has 2 unspecified atom stereocenters. The Morgan fingerprint density at radius 3 is 2.12 bits per heavy atom. The van der Waals surface area contributed by atoms with Gasteiger partial charge in [-0.15, -0.1) is 0 Å². The van der Waals surface area contributed by atoms with Gasteiger partial charge in [-0.2, -0.15) is 0 Å². The summed E-state index contributed by atoms with van der Waals surface area (Å²) in [6.45, 7) is 4.39. The number of hydrogen-bond acceptors (Lipinski definition) is 2. The minimum absolute atomic E-state index is 0.0172. The van der Waals surface area contributed by atoms with Crippen molar-refractivity contribution in [2.24, 2.45) is 17.4 Å². The van der Waals surface area contributed by atoms with Gasteiger partial charge in [-0.1, -0.05) is 37.6 Å². The minimum atomic E-state index is -0.101. The van der Waals surface area contributed by atoms with Crippen molar-refractivity contribution >= 4 is 11.6 Å². The quantitative estimate of drug-likeness (QED) is 0.831. The van der Waals surface area contributed by atoms with Crippen LogP contribution in [0, 0.1) is 5.92 Å². The summed E-state index contributed by atoms with van der Waals surface area (Å²) < 4.78 is 0. The second-order valence-electron chi connectivity index (χ2n) is 4.71. The highest BCUT2D eigenvalue weighted by Crippen LogP contribution is 2.19.